The van der Waals surface area contributed by atoms with Crippen LogP contribution in [0.5, 0.6) is 5.75 Å². The number of alkyl halides is 2. The molecule has 41 heavy (non-hydrogen) atoms. The molecule has 0 radical (unpaired) electrons. The Morgan fingerprint density at radius 3 is 2.51 bits per heavy atom. The Morgan fingerprint density at radius 1 is 1.15 bits per heavy atom. The molecule has 0 spiro atoms. The quantitative estimate of drug-likeness (QED) is 0.243. The fourth-order valence-corrected chi connectivity index (χ4v) is 5.22. The van der Waals surface area contributed by atoms with Gasteiger partial charge >= 0.3 is 0 Å². The first-order valence-corrected chi connectivity index (χ1v) is 14.3. The first-order valence-electron chi connectivity index (χ1n) is 13.6. The van der Waals surface area contributed by atoms with Gasteiger partial charge in [-0.05, 0) is 30.5 Å². The van der Waals surface area contributed by atoms with E-state index in [1.54, 1.807) is 29.8 Å². The molecule has 12 heteroatoms. The molecule has 4 rings (SSSR count). The van der Waals surface area contributed by atoms with Crippen LogP contribution in [0.15, 0.2) is 24.3 Å². The molecule has 1 aliphatic carbocycles. The van der Waals surface area contributed by atoms with Crippen LogP contribution >= 0.6 is 23.2 Å². The summed E-state index contributed by atoms with van der Waals surface area (Å²) in [6.07, 6.45) is 2.24. The number of amides is 2. The first kappa shape index (κ1) is 30.8. The summed E-state index contributed by atoms with van der Waals surface area (Å²) in [6.45, 7) is 4.81. The lowest BCUT2D eigenvalue weighted by molar-refractivity contribution is -0.128. The zero-order chi connectivity index (χ0) is 29.9. The third kappa shape index (κ3) is 7.40. The van der Waals surface area contributed by atoms with Crippen LogP contribution in [0.25, 0.3) is 11.0 Å². The van der Waals surface area contributed by atoms with Crippen molar-refractivity contribution in [2.24, 2.45) is 12.5 Å². The van der Waals surface area contributed by atoms with Crippen LogP contribution in [-0.4, -0.2) is 40.4 Å². The predicted molar refractivity (Wildman–Crippen MR) is 158 cm³/mol. The molecule has 2 aromatic carbocycles. The average Bonchev–Trinajstić information content (AvgIpc) is 3.22. The van der Waals surface area contributed by atoms with Crippen LogP contribution in [0.3, 0.4) is 0 Å². The number of rotatable bonds is 9. The van der Waals surface area contributed by atoms with E-state index in [2.05, 4.69) is 20.9 Å². The van der Waals surface area contributed by atoms with Crippen LogP contribution in [0.4, 0.5) is 20.4 Å². The Morgan fingerprint density at radius 2 is 1.85 bits per heavy atom. The summed E-state index contributed by atoms with van der Waals surface area (Å²) in [5, 5.41) is 9.69. The fraction of sp³-hybridized carbons (Fsp3) is 0.483. The second kappa shape index (κ2) is 12.8. The molecular weight excluding hydrogens is 575 g/mol. The van der Waals surface area contributed by atoms with Gasteiger partial charge in [0.15, 0.2) is 0 Å². The highest BCUT2D eigenvalue weighted by Crippen LogP contribution is 2.37. The van der Waals surface area contributed by atoms with Crippen molar-refractivity contribution < 1.29 is 23.1 Å². The monoisotopic (exact) mass is 609 g/mol. The first-order chi connectivity index (χ1) is 19.3. The van der Waals surface area contributed by atoms with Gasteiger partial charge in [0.2, 0.25) is 11.9 Å². The maximum atomic E-state index is 13.2. The number of carbonyl (C=O) groups excluding carboxylic acids is 2. The van der Waals surface area contributed by atoms with Crippen LogP contribution in [0.1, 0.15) is 68.8 Å². The predicted octanol–water partition coefficient (Wildman–Crippen LogP) is 6.99. The van der Waals surface area contributed by atoms with Gasteiger partial charge < -0.3 is 25.3 Å². The number of fused-ring (bicyclic) bond motifs is 1. The van der Waals surface area contributed by atoms with Crippen molar-refractivity contribution in [3.8, 4) is 5.75 Å². The molecule has 0 saturated heterocycles. The van der Waals surface area contributed by atoms with Gasteiger partial charge in [0.05, 0.1) is 32.3 Å². The van der Waals surface area contributed by atoms with E-state index in [0.29, 0.717) is 38.3 Å². The van der Waals surface area contributed by atoms with Gasteiger partial charge in [0.25, 0.3) is 12.3 Å². The lowest BCUT2D eigenvalue weighted by atomic mass is 9.95. The molecule has 0 unspecified atom stereocenters. The number of carbonyl (C=O) groups is 2. The molecule has 1 aliphatic rings. The minimum atomic E-state index is -2.70. The summed E-state index contributed by atoms with van der Waals surface area (Å²) in [6, 6.07) is 6.51. The summed E-state index contributed by atoms with van der Waals surface area (Å²) in [5.74, 6) is -0.112. The minimum Gasteiger partial charge on any atom is -0.487 e. The summed E-state index contributed by atoms with van der Waals surface area (Å²) in [7, 11) is 1.73. The third-order valence-corrected chi connectivity index (χ3v) is 7.81. The highest BCUT2D eigenvalue weighted by atomic mass is 35.5. The van der Waals surface area contributed by atoms with Crippen molar-refractivity contribution in [2.75, 3.05) is 11.9 Å². The SMILES string of the molecule is Cn1c(Nc2c(Cl)ccc(CNC(=O)C(C)(C)C)c2Cl)nc2cc(C(=O)NC3CCCCC3)c(OCC(F)F)cc21. The molecule has 0 aliphatic heterocycles. The van der Waals surface area contributed by atoms with Gasteiger partial charge in [-0.25, -0.2) is 13.8 Å². The molecule has 222 valence electrons. The number of hydrogen-bond donors (Lipinski definition) is 3. The molecule has 0 bridgehead atoms. The van der Waals surface area contributed by atoms with E-state index in [4.69, 9.17) is 27.9 Å². The second-order valence-electron chi connectivity index (χ2n) is 11.3. The van der Waals surface area contributed by atoms with Crippen molar-refractivity contribution in [2.45, 2.75) is 71.9 Å². The number of hydrogen-bond acceptors (Lipinski definition) is 5. The normalized spacial score (nSPS) is 14.4. The number of ether oxygens (including phenoxy) is 1. The van der Waals surface area contributed by atoms with Crippen LogP contribution < -0.4 is 20.7 Å². The maximum absolute atomic E-state index is 13.2. The van der Waals surface area contributed by atoms with Crippen molar-refractivity contribution >= 4 is 57.7 Å². The number of halogens is 4. The molecule has 3 aromatic rings. The molecule has 2 amide bonds. The molecule has 8 nitrogen and oxygen atoms in total. The van der Waals surface area contributed by atoms with Crippen molar-refractivity contribution in [3.05, 3.63) is 45.4 Å². The molecule has 0 atom stereocenters. The zero-order valence-electron chi connectivity index (χ0n) is 23.5. The number of aryl methyl sites for hydroxylation is 1. The van der Waals surface area contributed by atoms with Crippen molar-refractivity contribution in [3.63, 3.8) is 0 Å². The van der Waals surface area contributed by atoms with E-state index in [9.17, 15) is 18.4 Å². The number of nitrogens with one attached hydrogen (secondary N) is 3. The zero-order valence-corrected chi connectivity index (χ0v) is 25.1. The standard InChI is InChI=1S/C29H35Cl2F2N5O3/c1-29(2,3)27(40)34-14-16-10-11-19(30)25(24(16)31)37-28-36-20-12-18(26(39)35-17-8-6-5-7-9-17)22(41-15-23(32)33)13-21(20)38(28)4/h10-13,17,23H,5-9,14-15H2,1-4H3,(H,34,40)(H,35,39)(H,36,37). The average molecular weight is 611 g/mol. The van der Waals surface area contributed by atoms with Crippen LogP contribution in [0.2, 0.25) is 10.0 Å². The Bertz CT molecular complexity index is 1430. The van der Waals surface area contributed by atoms with Crippen LogP contribution in [0, 0.1) is 5.41 Å². The minimum absolute atomic E-state index is 0.0283. The van der Waals surface area contributed by atoms with E-state index >= 15 is 0 Å². The van der Waals surface area contributed by atoms with E-state index in [-0.39, 0.29) is 35.7 Å². The third-order valence-electron chi connectivity index (χ3n) is 7.06. The molecular formula is C29H35Cl2F2N5O3. The van der Waals surface area contributed by atoms with Gasteiger partial charge in [-0.15, -0.1) is 0 Å². The highest BCUT2D eigenvalue weighted by Gasteiger charge is 2.24. The number of anilines is 2. The Balaban J connectivity index is 1.65. The number of imidazole rings is 1. The Labute approximate surface area is 248 Å². The molecule has 1 saturated carbocycles. The lowest BCUT2D eigenvalue weighted by Crippen LogP contribution is -2.36. The second-order valence-corrected chi connectivity index (χ2v) is 12.1. The van der Waals surface area contributed by atoms with E-state index in [1.165, 1.54) is 6.07 Å². The van der Waals surface area contributed by atoms with E-state index in [1.807, 2.05) is 20.8 Å². The molecule has 1 heterocycles. The maximum Gasteiger partial charge on any atom is 0.272 e. The smallest absolute Gasteiger partial charge is 0.272 e. The summed E-state index contributed by atoms with van der Waals surface area (Å²) < 4.78 is 33.1. The number of aromatic nitrogens is 2. The van der Waals surface area contributed by atoms with E-state index < -0.39 is 18.4 Å². The fourth-order valence-electron chi connectivity index (χ4n) is 4.69. The highest BCUT2D eigenvalue weighted by molar-refractivity contribution is 6.39. The summed E-state index contributed by atoms with van der Waals surface area (Å²) in [4.78, 5) is 30.2. The Hall–Kier alpha value is -3.11. The summed E-state index contributed by atoms with van der Waals surface area (Å²) >= 11 is 13.2. The molecule has 1 aromatic heterocycles. The molecule has 3 N–H and O–H groups in total. The van der Waals surface area contributed by atoms with Crippen molar-refractivity contribution in [1.82, 2.24) is 20.2 Å². The van der Waals surface area contributed by atoms with Gasteiger partial charge in [-0.2, -0.15) is 0 Å². The number of benzene rings is 2. The van der Waals surface area contributed by atoms with Crippen molar-refractivity contribution in [1.29, 1.82) is 0 Å². The van der Waals surface area contributed by atoms with Gasteiger partial charge in [0, 0.05) is 31.1 Å². The van der Waals surface area contributed by atoms with Gasteiger partial charge in [-0.3, -0.25) is 9.59 Å². The van der Waals surface area contributed by atoms with Crippen LogP contribution in [-0.2, 0) is 18.4 Å². The lowest BCUT2D eigenvalue weighted by Gasteiger charge is -2.23. The largest absolute Gasteiger partial charge is 0.487 e. The molecule has 1 fully saturated rings. The van der Waals surface area contributed by atoms with Gasteiger partial charge in [0.1, 0.15) is 12.4 Å². The number of nitrogens with zero attached hydrogens (tertiary/aromatic N) is 2. The van der Waals surface area contributed by atoms with Gasteiger partial charge in [-0.1, -0.05) is 69.3 Å². The van der Waals surface area contributed by atoms with E-state index in [0.717, 1.165) is 32.1 Å². The topological polar surface area (TPSA) is 97.3 Å². The Kier molecular flexibility index (Phi) is 9.64. The summed E-state index contributed by atoms with van der Waals surface area (Å²) in [5.41, 5.74) is 1.62.